The van der Waals surface area contributed by atoms with Gasteiger partial charge in [-0.1, -0.05) is 54.1 Å². The maximum Gasteiger partial charge on any atom is 0.259 e. The Morgan fingerprint density at radius 1 is 0.943 bits per heavy atom. The van der Waals surface area contributed by atoms with Crippen LogP contribution in [0.15, 0.2) is 90.0 Å². The van der Waals surface area contributed by atoms with Crippen molar-refractivity contribution in [2.24, 2.45) is 5.10 Å². The lowest BCUT2D eigenvalue weighted by Crippen LogP contribution is -2.34. The molecule has 0 aliphatic rings. The van der Waals surface area contributed by atoms with Crippen LogP contribution < -0.4 is 15.5 Å². The highest BCUT2D eigenvalue weighted by molar-refractivity contribution is 6.30. The van der Waals surface area contributed by atoms with E-state index in [0.29, 0.717) is 21.9 Å². The van der Waals surface area contributed by atoms with Gasteiger partial charge >= 0.3 is 0 Å². The van der Waals surface area contributed by atoms with Gasteiger partial charge in [0.1, 0.15) is 18.2 Å². The van der Waals surface area contributed by atoms with Gasteiger partial charge < -0.3 is 10.1 Å². The summed E-state index contributed by atoms with van der Waals surface area (Å²) in [4.78, 5) is 24.3. The SMILES string of the molecule is O=C(CNC(=O)c1ccc(Cl)cc1)N/N=C/c1c(OCc2ccc(F)cc2)ccc2ccccc12. The van der Waals surface area contributed by atoms with Crippen LogP contribution in [-0.2, 0) is 11.4 Å². The predicted molar refractivity (Wildman–Crippen MR) is 134 cm³/mol. The van der Waals surface area contributed by atoms with Crippen molar-refractivity contribution in [2.45, 2.75) is 6.61 Å². The molecular formula is C27H21ClFN3O3. The third kappa shape index (κ3) is 6.43. The van der Waals surface area contributed by atoms with Crippen molar-refractivity contribution in [2.75, 3.05) is 6.54 Å². The molecule has 35 heavy (non-hydrogen) atoms. The Morgan fingerprint density at radius 2 is 1.69 bits per heavy atom. The normalized spacial score (nSPS) is 10.9. The Hall–Kier alpha value is -4.23. The number of amides is 2. The number of rotatable bonds is 8. The lowest BCUT2D eigenvalue weighted by Gasteiger charge is -2.12. The van der Waals surface area contributed by atoms with Crippen LogP contribution in [0.3, 0.4) is 0 Å². The number of benzene rings is 4. The molecule has 0 heterocycles. The minimum absolute atomic E-state index is 0.239. The average molecular weight is 490 g/mol. The lowest BCUT2D eigenvalue weighted by molar-refractivity contribution is -0.120. The number of hydrogen-bond donors (Lipinski definition) is 2. The minimum atomic E-state index is -0.488. The van der Waals surface area contributed by atoms with E-state index in [0.717, 1.165) is 16.3 Å². The molecule has 0 atom stereocenters. The van der Waals surface area contributed by atoms with Gasteiger partial charge in [-0.2, -0.15) is 5.10 Å². The first kappa shape index (κ1) is 23.9. The third-order valence-corrected chi connectivity index (χ3v) is 5.39. The molecule has 2 N–H and O–H groups in total. The van der Waals surface area contributed by atoms with Crippen molar-refractivity contribution in [1.82, 2.24) is 10.7 Å². The zero-order chi connectivity index (χ0) is 24.6. The Bertz CT molecular complexity index is 1370. The fourth-order valence-electron chi connectivity index (χ4n) is 3.35. The van der Waals surface area contributed by atoms with E-state index in [1.54, 1.807) is 36.4 Å². The van der Waals surface area contributed by atoms with E-state index in [-0.39, 0.29) is 19.0 Å². The molecule has 176 valence electrons. The number of fused-ring (bicyclic) bond motifs is 1. The van der Waals surface area contributed by atoms with Crippen molar-refractivity contribution < 1.29 is 18.7 Å². The van der Waals surface area contributed by atoms with Gasteiger partial charge in [0.05, 0.1) is 12.8 Å². The second kappa shape index (κ2) is 11.3. The number of hydrazone groups is 1. The highest BCUT2D eigenvalue weighted by atomic mass is 35.5. The maximum absolute atomic E-state index is 13.2. The molecule has 0 spiro atoms. The van der Waals surface area contributed by atoms with E-state index in [4.69, 9.17) is 16.3 Å². The molecule has 0 aliphatic carbocycles. The Labute approximate surface area is 206 Å². The maximum atomic E-state index is 13.2. The molecule has 8 heteroatoms. The second-order valence-corrected chi connectivity index (χ2v) is 8.03. The Morgan fingerprint density at radius 3 is 2.46 bits per heavy atom. The zero-order valence-corrected chi connectivity index (χ0v) is 19.3. The summed E-state index contributed by atoms with van der Waals surface area (Å²) >= 11 is 5.82. The van der Waals surface area contributed by atoms with Crippen LogP contribution in [0.25, 0.3) is 10.8 Å². The van der Waals surface area contributed by atoms with Gasteiger partial charge in [-0.25, -0.2) is 9.82 Å². The van der Waals surface area contributed by atoms with Crippen LogP contribution in [0.5, 0.6) is 5.75 Å². The Kier molecular flexibility index (Phi) is 7.70. The molecular weight excluding hydrogens is 469 g/mol. The molecule has 0 unspecified atom stereocenters. The standard InChI is InChI=1S/C27H21ClFN3O3/c28-21-10-7-20(8-11-21)27(34)30-16-26(33)32-31-15-24-23-4-2-1-3-19(23)9-14-25(24)35-17-18-5-12-22(29)13-6-18/h1-15H,16-17H2,(H,30,34)(H,32,33)/b31-15+. The summed E-state index contributed by atoms with van der Waals surface area (Å²) in [6.45, 7) is -0.00912. The summed E-state index contributed by atoms with van der Waals surface area (Å²) in [6, 6.07) is 23.9. The van der Waals surface area contributed by atoms with Crippen molar-refractivity contribution in [1.29, 1.82) is 0 Å². The van der Waals surface area contributed by atoms with Gasteiger partial charge in [-0.3, -0.25) is 9.59 Å². The third-order valence-electron chi connectivity index (χ3n) is 5.14. The summed E-state index contributed by atoms with van der Waals surface area (Å²) in [5.74, 6) is -0.640. The molecule has 2 amide bonds. The van der Waals surface area contributed by atoms with E-state index in [1.165, 1.54) is 18.3 Å². The first-order chi connectivity index (χ1) is 17.0. The van der Waals surface area contributed by atoms with Gasteiger partial charge in [0.15, 0.2) is 0 Å². The van der Waals surface area contributed by atoms with Crippen LogP contribution in [-0.4, -0.2) is 24.6 Å². The summed E-state index contributed by atoms with van der Waals surface area (Å²) in [5, 5.41) is 8.97. The molecule has 6 nitrogen and oxygen atoms in total. The second-order valence-electron chi connectivity index (χ2n) is 7.60. The van der Waals surface area contributed by atoms with Crippen LogP contribution >= 0.6 is 11.6 Å². The van der Waals surface area contributed by atoms with E-state index < -0.39 is 11.8 Å². The highest BCUT2D eigenvalue weighted by Gasteiger charge is 2.10. The van der Waals surface area contributed by atoms with Gasteiger partial charge in [-0.05, 0) is 58.8 Å². The molecule has 0 saturated carbocycles. The van der Waals surface area contributed by atoms with E-state index in [9.17, 15) is 14.0 Å². The number of ether oxygens (including phenoxy) is 1. The number of carbonyl (C=O) groups excluding carboxylic acids is 2. The molecule has 0 aromatic heterocycles. The molecule has 0 fully saturated rings. The van der Waals surface area contributed by atoms with Gasteiger partial charge in [0.2, 0.25) is 0 Å². The fraction of sp³-hybridized carbons (Fsp3) is 0.0741. The van der Waals surface area contributed by atoms with Crippen molar-refractivity contribution in [3.05, 3.63) is 112 Å². The molecule has 0 bridgehead atoms. The van der Waals surface area contributed by atoms with Crippen LogP contribution in [0.2, 0.25) is 5.02 Å². The number of nitrogens with one attached hydrogen (secondary N) is 2. The smallest absolute Gasteiger partial charge is 0.259 e. The molecule has 0 saturated heterocycles. The summed E-state index contributed by atoms with van der Waals surface area (Å²) in [6.07, 6.45) is 1.50. The molecule has 0 radical (unpaired) electrons. The van der Waals surface area contributed by atoms with Crippen LogP contribution in [0, 0.1) is 5.82 Å². The predicted octanol–water partition coefficient (Wildman–Crippen LogP) is 5.09. The summed E-state index contributed by atoms with van der Waals surface area (Å²) < 4.78 is 19.1. The van der Waals surface area contributed by atoms with Gasteiger partial charge in [-0.15, -0.1) is 0 Å². The minimum Gasteiger partial charge on any atom is -0.488 e. The molecule has 0 aliphatic heterocycles. The zero-order valence-electron chi connectivity index (χ0n) is 18.5. The summed E-state index contributed by atoms with van der Waals surface area (Å²) in [5.41, 5.74) is 4.30. The lowest BCUT2D eigenvalue weighted by atomic mass is 10.0. The fourth-order valence-corrected chi connectivity index (χ4v) is 3.47. The molecule has 4 aromatic carbocycles. The Balaban J connectivity index is 1.42. The quantitative estimate of drug-likeness (QED) is 0.267. The van der Waals surface area contributed by atoms with Crippen molar-refractivity contribution in [3.8, 4) is 5.75 Å². The monoisotopic (exact) mass is 489 g/mol. The molecule has 4 rings (SSSR count). The van der Waals surface area contributed by atoms with Gasteiger partial charge in [0.25, 0.3) is 11.8 Å². The van der Waals surface area contributed by atoms with E-state index in [2.05, 4.69) is 15.8 Å². The van der Waals surface area contributed by atoms with Crippen molar-refractivity contribution >= 4 is 40.4 Å². The highest BCUT2D eigenvalue weighted by Crippen LogP contribution is 2.27. The first-order valence-electron chi connectivity index (χ1n) is 10.7. The summed E-state index contributed by atoms with van der Waals surface area (Å²) in [7, 11) is 0. The van der Waals surface area contributed by atoms with E-state index in [1.807, 2.05) is 36.4 Å². The van der Waals surface area contributed by atoms with E-state index >= 15 is 0 Å². The number of hydrogen-bond acceptors (Lipinski definition) is 4. The molecule has 4 aromatic rings. The topological polar surface area (TPSA) is 79.8 Å². The number of carbonyl (C=O) groups is 2. The van der Waals surface area contributed by atoms with Crippen LogP contribution in [0.4, 0.5) is 4.39 Å². The van der Waals surface area contributed by atoms with Gasteiger partial charge in [0, 0.05) is 16.1 Å². The number of nitrogens with zero attached hydrogens (tertiary/aromatic N) is 1. The average Bonchev–Trinajstić information content (AvgIpc) is 2.88. The van der Waals surface area contributed by atoms with Crippen molar-refractivity contribution in [3.63, 3.8) is 0 Å². The van der Waals surface area contributed by atoms with Crippen LogP contribution in [0.1, 0.15) is 21.5 Å². The largest absolute Gasteiger partial charge is 0.488 e. The number of halogens is 2. The first-order valence-corrected chi connectivity index (χ1v) is 11.1.